The number of hydrogen-bond donors (Lipinski definition) is 2. The summed E-state index contributed by atoms with van der Waals surface area (Å²) in [4.78, 5) is 26.9. The van der Waals surface area contributed by atoms with Gasteiger partial charge < -0.3 is 4.98 Å². The molecule has 0 aliphatic rings. The third-order valence-electron chi connectivity index (χ3n) is 1.81. The molecule has 1 heterocycles. The molecule has 0 radical (unpaired) electrons. The number of aromatic amines is 2. The van der Waals surface area contributed by atoms with Crippen molar-refractivity contribution in [3.8, 4) is 0 Å². The highest BCUT2D eigenvalue weighted by Gasteiger charge is 2.06. The molecule has 0 amide bonds. The zero-order chi connectivity index (χ0) is 10.3. The standard InChI is InChI=1S/C8H4BrClN2O2/c9-4-2-1-3-6(5(4)10)11-8(14)12-7(3)13/h1-2H,(H2,11,12,13,14). The number of fused-ring (bicyclic) bond motifs is 1. The molecule has 1 aromatic heterocycles. The highest BCUT2D eigenvalue weighted by Crippen LogP contribution is 2.27. The van der Waals surface area contributed by atoms with Crippen molar-refractivity contribution < 1.29 is 0 Å². The Labute approximate surface area is 91.0 Å². The number of aromatic nitrogens is 2. The van der Waals surface area contributed by atoms with Crippen molar-refractivity contribution in [3.63, 3.8) is 0 Å². The van der Waals surface area contributed by atoms with E-state index in [4.69, 9.17) is 11.6 Å². The molecule has 6 heteroatoms. The Kier molecular flexibility index (Phi) is 2.20. The van der Waals surface area contributed by atoms with Crippen LogP contribution in [-0.4, -0.2) is 9.97 Å². The minimum absolute atomic E-state index is 0.325. The number of halogens is 2. The van der Waals surface area contributed by atoms with Gasteiger partial charge in [-0.3, -0.25) is 9.78 Å². The van der Waals surface area contributed by atoms with Crippen molar-refractivity contribution >= 4 is 38.4 Å². The fourth-order valence-electron chi connectivity index (χ4n) is 1.18. The summed E-state index contributed by atoms with van der Waals surface area (Å²) >= 11 is 9.10. The first-order valence-electron chi connectivity index (χ1n) is 3.70. The first-order chi connectivity index (χ1) is 6.59. The average Bonchev–Trinajstić information content (AvgIpc) is 2.12. The van der Waals surface area contributed by atoms with Gasteiger partial charge in [-0.25, -0.2) is 4.79 Å². The Morgan fingerprint density at radius 1 is 1.21 bits per heavy atom. The van der Waals surface area contributed by atoms with Crippen molar-refractivity contribution in [1.82, 2.24) is 9.97 Å². The number of H-pyrrole nitrogens is 2. The molecule has 0 spiro atoms. The minimum Gasteiger partial charge on any atom is -0.305 e. The summed E-state index contributed by atoms with van der Waals surface area (Å²) in [6.45, 7) is 0. The summed E-state index contributed by atoms with van der Waals surface area (Å²) in [5.41, 5.74) is -0.671. The molecular weight excluding hydrogens is 271 g/mol. The molecule has 1 aromatic carbocycles. The third kappa shape index (κ3) is 1.38. The Morgan fingerprint density at radius 2 is 1.93 bits per heavy atom. The SMILES string of the molecule is O=c1[nH]c(=O)c2ccc(Br)c(Cl)c2[nH]1. The van der Waals surface area contributed by atoms with Crippen LogP contribution in [0.25, 0.3) is 10.9 Å². The number of nitrogens with one attached hydrogen (secondary N) is 2. The van der Waals surface area contributed by atoms with Crippen LogP contribution in [0.1, 0.15) is 0 Å². The van der Waals surface area contributed by atoms with Gasteiger partial charge in [0.05, 0.1) is 15.9 Å². The van der Waals surface area contributed by atoms with Crippen LogP contribution >= 0.6 is 27.5 Å². The van der Waals surface area contributed by atoms with Gasteiger partial charge in [0.25, 0.3) is 5.56 Å². The van der Waals surface area contributed by atoms with Gasteiger partial charge in [-0.05, 0) is 28.1 Å². The molecule has 2 N–H and O–H groups in total. The largest absolute Gasteiger partial charge is 0.326 e. The van der Waals surface area contributed by atoms with E-state index in [-0.39, 0.29) is 0 Å². The van der Waals surface area contributed by atoms with Crippen LogP contribution in [0.15, 0.2) is 26.2 Å². The highest BCUT2D eigenvalue weighted by atomic mass is 79.9. The van der Waals surface area contributed by atoms with Gasteiger partial charge in [0.2, 0.25) is 0 Å². The van der Waals surface area contributed by atoms with E-state index < -0.39 is 11.2 Å². The van der Waals surface area contributed by atoms with E-state index in [1.807, 2.05) is 0 Å². The maximum absolute atomic E-state index is 11.3. The number of benzene rings is 1. The van der Waals surface area contributed by atoms with E-state index in [2.05, 4.69) is 25.9 Å². The summed E-state index contributed by atoms with van der Waals surface area (Å²) in [6, 6.07) is 3.23. The molecule has 0 aliphatic heterocycles. The lowest BCUT2D eigenvalue weighted by atomic mass is 10.2. The second-order valence-corrected chi connectivity index (χ2v) is 3.92. The topological polar surface area (TPSA) is 65.7 Å². The maximum Gasteiger partial charge on any atom is 0.326 e. The highest BCUT2D eigenvalue weighted by molar-refractivity contribution is 9.10. The molecular formula is C8H4BrClN2O2. The van der Waals surface area contributed by atoms with Crippen LogP contribution < -0.4 is 11.2 Å². The molecule has 0 saturated heterocycles. The van der Waals surface area contributed by atoms with Gasteiger partial charge in [0.15, 0.2) is 0 Å². The molecule has 0 fully saturated rings. The predicted octanol–water partition coefficient (Wildman–Crippen LogP) is 1.63. The van der Waals surface area contributed by atoms with Crippen molar-refractivity contribution in [2.24, 2.45) is 0 Å². The fraction of sp³-hybridized carbons (Fsp3) is 0. The lowest BCUT2D eigenvalue weighted by Crippen LogP contribution is -2.21. The summed E-state index contributed by atoms with van der Waals surface area (Å²) in [5.74, 6) is 0. The van der Waals surface area contributed by atoms with Crippen LogP contribution in [0.3, 0.4) is 0 Å². The maximum atomic E-state index is 11.3. The molecule has 0 saturated carbocycles. The Bertz CT molecular complexity index is 617. The summed E-state index contributed by atoms with van der Waals surface area (Å²) in [5, 5.41) is 0.684. The minimum atomic E-state index is -0.567. The molecule has 72 valence electrons. The first kappa shape index (κ1) is 9.48. The molecule has 0 aliphatic carbocycles. The molecule has 0 atom stereocenters. The van der Waals surface area contributed by atoms with Crippen molar-refractivity contribution in [3.05, 3.63) is 42.5 Å². The molecule has 2 aromatic rings. The summed E-state index contributed by atoms with van der Waals surface area (Å²) < 4.78 is 0.632. The van der Waals surface area contributed by atoms with Crippen LogP contribution in [0, 0.1) is 0 Å². The fourth-order valence-corrected chi connectivity index (χ4v) is 1.72. The van der Waals surface area contributed by atoms with E-state index in [0.717, 1.165) is 0 Å². The van der Waals surface area contributed by atoms with E-state index >= 15 is 0 Å². The van der Waals surface area contributed by atoms with Gasteiger partial charge in [-0.1, -0.05) is 11.6 Å². The summed E-state index contributed by atoms with van der Waals surface area (Å²) in [6.07, 6.45) is 0. The van der Waals surface area contributed by atoms with Gasteiger partial charge in [-0.15, -0.1) is 0 Å². The lowest BCUT2D eigenvalue weighted by Gasteiger charge is -2.00. The second kappa shape index (κ2) is 3.25. The first-order valence-corrected chi connectivity index (χ1v) is 4.87. The van der Waals surface area contributed by atoms with Gasteiger partial charge in [0.1, 0.15) is 0 Å². The lowest BCUT2D eigenvalue weighted by molar-refractivity contribution is 1.08. The average molecular weight is 275 g/mol. The van der Waals surface area contributed by atoms with Crippen LogP contribution in [0.2, 0.25) is 5.02 Å². The Balaban J connectivity index is 3.10. The molecule has 2 rings (SSSR count). The van der Waals surface area contributed by atoms with Crippen molar-refractivity contribution in [2.45, 2.75) is 0 Å². The number of hydrogen-bond acceptors (Lipinski definition) is 2. The summed E-state index contributed by atoms with van der Waals surface area (Å²) in [7, 11) is 0. The van der Waals surface area contributed by atoms with Crippen LogP contribution in [0.4, 0.5) is 0 Å². The second-order valence-electron chi connectivity index (χ2n) is 2.69. The third-order valence-corrected chi connectivity index (χ3v) is 3.09. The van der Waals surface area contributed by atoms with E-state index in [9.17, 15) is 9.59 Å². The van der Waals surface area contributed by atoms with Gasteiger partial charge >= 0.3 is 5.69 Å². The smallest absolute Gasteiger partial charge is 0.305 e. The van der Waals surface area contributed by atoms with Gasteiger partial charge in [0, 0.05) is 4.47 Å². The molecule has 14 heavy (non-hydrogen) atoms. The Hall–Kier alpha value is -1.07. The zero-order valence-corrected chi connectivity index (χ0v) is 9.07. The molecule has 0 unspecified atom stereocenters. The predicted molar refractivity (Wildman–Crippen MR) is 57.9 cm³/mol. The van der Waals surface area contributed by atoms with Crippen LogP contribution in [-0.2, 0) is 0 Å². The number of rotatable bonds is 0. The van der Waals surface area contributed by atoms with Crippen LogP contribution in [0.5, 0.6) is 0 Å². The normalized spacial score (nSPS) is 10.7. The zero-order valence-electron chi connectivity index (χ0n) is 6.73. The Morgan fingerprint density at radius 3 is 2.64 bits per heavy atom. The molecule has 4 nitrogen and oxygen atoms in total. The molecule has 0 bridgehead atoms. The van der Waals surface area contributed by atoms with E-state index in [1.54, 1.807) is 12.1 Å². The van der Waals surface area contributed by atoms with E-state index in [1.165, 1.54) is 0 Å². The quantitative estimate of drug-likeness (QED) is 0.767. The van der Waals surface area contributed by atoms with Crippen molar-refractivity contribution in [2.75, 3.05) is 0 Å². The van der Waals surface area contributed by atoms with E-state index in [0.29, 0.717) is 20.4 Å². The monoisotopic (exact) mass is 274 g/mol. The van der Waals surface area contributed by atoms with Crippen molar-refractivity contribution in [1.29, 1.82) is 0 Å². The van der Waals surface area contributed by atoms with Gasteiger partial charge in [-0.2, -0.15) is 0 Å².